The standard InChI is InChI=1S/C21H19N5O3/c1-13-19(21(27)23-17-11-15(28-2)9-10-18(17)29-3)24-25-20-16(12-22-26(13)20)14-7-5-4-6-8-14/h4-12H,1-3H3,(H,23,27). The van der Waals surface area contributed by atoms with E-state index in [9.17, 15) is 4.79 Å². The van der Waals surface area contributed by atoms with Crippen molar-refractivity contribution in [2.45, 2.75) is 6.92 Å². The number of nitrogens with zero attached hydrogens (tertiary/aromatic N) is 4. The van der Waals surface area contributed by atoms with Crippen LogP contribution >= 0.6 is 0 Å². The van der Waals surface area contributed by atoms with E-state index in [1.54, 1.807) is 42.9 Å². The second kappa shape index (κ2) is 7.59. The minimum absolute atomic E-state index is 0.171. The van der Waals surface area contributed by atoms with Crippen LogP contribution in [0.3, 0.4) is 0 Å². The Hall–Kier alpha value is -3.94. The van der Waals surface area contributed by atoms with E-state index in [1.165, 1.54) is 7.11 Å². The number of benzene rings is 2. The number of rotatable bonds is 5. The van der Waals surface area contributed by atoms with Crippen molar-refractivity contribution in [2.75, 3.05) is 19.5 Å². The summed E-state index contributed by atoms with van der Waals surface area (Å²) < 4.78 is 12.1. The molecular formula is C21H19N5O3. The summed E-state index contributed by atoms with van der Waals surface area (Å²) in [5.74, 6) is 0.690. The smallest absolute Gasteiger partial charge is 0.278 e. The maximum absolute atomic E-state index is 12.9. The zero-order valence-electron chi connectivity index (χ0n) is 16.2. The summed E-state index contributed by atoms with van der Waals surface area (Å²) in [4.78, 5) is 12.9. The molecule has 29 heavy (non-hydrogen) atoms. The number of hydrogen-bond donors (Lipinski definition) is 1. The number of aromatic nitrogens is 4. The normalized spacial score (nSPS) is 10.7. The molecule has 1 amide bonds. The number of carbonyl (C=O) groups excluding carboxylic acids is 1. The van der Waals surface area contributed by atoms with Gasteiger partial charge in [0.05, 0.1) is 31.8 Å². The van der Waals surface area contributed by atoms with Crippen molar-refractivity contribution < 1.29 is 14.3 Å². The van der Waals surface area contributed by atoms with Gasteiger partial charge < -0.3 is 14.8 Å². The van der Waals surface area contributed by atoms with Crippen LogP contribution in [0.5, 0.6) is 11.5 Å². The molecule has 0 aliphatic heterocycles. The molecule has 0 radical (unpaired) electrons. The van der Waals surface area contributed by atoms with Crippen LogP contribution in [0, 0.1) is 6.92 Å². The second-order valence-corrected chi connectivity index (χ2v) is 6.31. The van der Waals surface area contributed by atoms with Gasteiger partial charge in [-0.05, 0) is 24.6 Å². The highest BCUT2D eigenvalue weighted by atomic mass is 16.5. The number of hydrogen-bond acceptors (Lipinski definition) is 6. The average Bonchev–Trinajstić information content (AvgIpc) is 3.19. The van der Waals surface area contributed by atoms with Gasteiger partial charge in [-0.1, -0.05) is 30.3 Å². The van der Waals surface area contributed by atoms with E-state index in [1.807, 2.05) is 30.3 Å². The van der Waals surface area contributed by atoms with E-state index in [-0.39, 0.29) is 5.69 Å². The van der Waals surface area contributed by atoms with Crippen LogP contribution in [0.15, 0.2) is 54.7 Å². The number of carbonyl (C=O) groups is 1. The van der Waals surface area contributed by atoms with Crippen LogP contribution < -0.4 is 14.8 Å². The fourth-order valence-corrected chi connectivity index (χ4v) is 3.08. The van der Waals surface area contributed by atoms with E-state index in [0.717, 1.165) is 11.1 Å². The van der Waals surface area contributed by atoms with Gasteiger partial charge in [-0.3, -0.25) is 4.79 Å². The van der Waals surface area contributed by atoms with Crippen LogP contribution in [0.2, 0.25) is 0 Å². The Balaban J connectivity index is 1.70. The molecule has 0 unspecified atom stereocenters. The maximum Gasteiger partial charge on any atom is 0.278 e. The maximum atomic E-state index is 12.9. The molecule has 0 saturated carbocycles. The fraction of sp³-hybridized carbons (Fsp3) is 0.143. The van der Waals surface area contributed by atoms with Crippen molar-refractivity contribution in [2.24, 2.45) is 0 Å². The lowest BCUT2D eigenvalue weighted by Gasteiger charge is -2.12. The van der Waals surface area contributed by atoms with Crippen molar-refractivity contribution >= 4 is 17.2 Å². The first-order chi connectivity index (χ1) is 14.1. The fourth-order valence-electron chi connectivity index (χ4n) is 3.08. The highest BCUT2D eigenvalue weighted by Crippen LogP contribution is 2.29. The zero-order chi connectivity index (χ0) is 20.4. The molecule has 0 spiro atoms. The predicted octanol–water partition coefficient (Wildman–Crippen LogP) is 3.37. The molecule has 0 aliphatic carbocycles. The molecule has 2 aromatic heterocycles. The molecular weight excluding hydrogens is 370 g/mol. The molecule has 8 heteroatoms. The van der Waals surface area contributed by atoms with Gasteiger partial charge in [0, 0.05) is 11.6 Å². The van der Waals surface area contributed by atoms with Crippen LogP contribution in [0.4, 0.5) is 5.69 Å². The van der Waals surface area contributed by atoms with E-state index in [0.29, 0.717) is 28.5 Å². The second-order valence-electron chi connectivity index (χ2n) is 6.31. The predicted molar refractivity (Wildman–Crippen MR) is 108 cm³/mol. The summed E-state index contributed by atoms with van der Waals surface area (Å²) in [6.45, 7) is 1.78. The minimum Gasteiger partial charge on any atom is -0.497 e. The first-order valence-electron chi connectivity index (χ1n) is 8.92. The summed E-state index contributed by atoms with van der Waals surface area (Å²) in [6, 6.07) is 14.9. The summed E-state index contributed by atoms with van der Waals surface area (Å²) >= 11 is 0. The molecule has 2 aromatic carbocycles. The molecule has 2 heterocycles. The Bertz CT molecular complexity index is 1190. The number of anilines is 1. The number of nitrogens with one attached hydrogen (secondary N) is 1. The third kappa shape index (κ3) is 3.36. The molecule has 0 atom stereocenters. The summed E-state index contributed by atoms with van der Waals surface area (Å²) in [5, 5.41) is 15.6. The highest BCUT2D eigenvalue weighted by Gasteiger charge is 2.19. The van der Waals surface area contributed by atoms with Crippen molar-refractivity contribution in [3.8, 4) is 22.6 Å². The topological polar surface area (TPSA) is 90.6 Å². The van der Waals surface area contributed by atoms with Gasteiger partial charge in [-0.25, -0.2) is 4.52 Å². The van der Waals surface area contributed by atoms with E-state index in [2.05, 4.69) is 20.6 Å². The Kier molecular flexibility index (Phi) is 4.82. The summed E-state index contributed by atoms with van der Waals surface area (Å²) in [6.07, 6.45) is 1.72. The van der Waals surface area contributed by atoms with Gasteiger partial charge in [-0.2, -0.15) is 5.10 Å². The van der Waals surface area contributed by atoms with Crippen molar-refractivity contribution in [1.82, 2.24) is 19.8 Å². The molecule has 4 rings (SSSR count). The Morgan fingerprint density at radius 2 is 1.83 bits per heavy atom. The first-order valence-corrected chi connectivity index (χ1v) is 8.92. The summed E-state index contributed by atoms with van der Waals surface area (Å²) in [5.41, 5.74) is 3.64. The SMILES string of the molecule is COc1ccc(OC)c(NC(=O)c2nnc3c(-c4ccccc4)cnn3c2C)c1. The van der Waals surface area contributed by atoms with Crippen molar-refractivity contribution in [1.29, 1.82) is 0 Å². The highest BCUT2D eigenvalue weighted by molar-refractivity contribution is 6.04. The minimum atomic E-state index is -0.416. The largest absolute Gasteiger partial charge is 0.497 e. The van der Waals surface area contributed by atoms with Crippen LogP contribution in [0.1, 0.15) is 16.2 Å². The number of aryl methyl sites for hydroxylation is 1. The lowest BCUT2D eigenvalue weighted by atomic mass is 10.1. The third-order valence-corrected chi connectivity index (χ3v) is 4.60. The molecule has 1 N–H and O–H groups in total. The molecule has 8 nitrogen and oxygen atoms in total. The van der Waals surface area contributed by atoms with E-state index in [4.69, 9.17) is 9.47 Å². The number of ether oxygens (including phenoxy) is 2. The lowest BCUT2D eigenvalue weighted by Crippen LogP contribution is -2.19. The quantitative estimate of drug-likeness (QED) is 0.563. The molecule has 4 aromatic rings. The van der Waals surface area contributed by atoms with Gasteiger partial charge in [0.1, 0.15) is 11.5 Å². The molecule has 0 aliphatic rings. The number of amides is 1. The van der Waals surface area contributed by atoms with Crippen LogP contribution in [0.25, 0.3) is 16.8 Å². The number of methoxy groups -OCH3 is 2. The van der Waals surface area contributed by atoms with Gasteiger partial charge in [0.2, 0.25) is 0 Å². The summed E-state index contributed by atoms with van der Waals surface area (Å²) in [7, 11) is 3.09. The monoisotopic (exact) mass is 389 g/mol. The van der Waals surface area contributed by atoms with Gasteiger partial charge >= 0.3 is 0 Å². The molecule has 0 saturated heterocycles. The average molecular weight is 389 g/mol. The van der Waals surface area contributed by atoms with Crippen LogP contribution in [-0.2, 0) is 0 Å². The molecule has 0 fully saturated rings. The Morgan fingerprint density at radius 1 is 1.03 bits per heavy atom. The molecule has 0 bridgehead atoms. The van der Waals surface area contributed by atoms with Crippen LogP contribution in [-0.4, -0.2) is 39.9 Å². The van der Waals surface area contributed by atoms with Crippen molar-refractivity contribution in [3.63, 3.8) is 0 Å². The van der Waals surface area contributed by atoms with E-state index >= 15 is 0 Å². The van der Waals surface area contributed by atoms with Gasteiger partial charge in [-0.15, -0.1) is 10.2 Å². The first kappa shape index (κ1) is 18.4. The Morgan fingerprint density at radius 3 is 2.55 bits per heavy atom. The zero-order valence-corrected chi connectivity index (χ0v) is 16.2. The van der Waals surface area contributed by atoms with Gasteiger partial charge in [0.25, 0.3) is 5.91 Å². The van der Waals surface area contributed by atoms with E-state index < -0.39 is 5.91 Å². The van der Waals surface area contributed by atoms with Gasteiger partial charge in [0.15, 0.2) is 11.3 Å². The lowest BCUT2D eigenvalue weighted by molar-refractivity contribution is 0.101. The van der Waals surface area contributed by atoms with Crippen molar-refractivity contribution in [3.05, 3.63) is 66.1 Å². The Labute approximate surface area is 167 Å². The number of fused-ring (bicyclic) bond motifs is 1. The third-order valence-electron chi connectivity index (χ3n) is 4.60. The molecule has 146 valence electrons.